The van der Waals surface area contributed by atoms with Gasteiger partial charge in [0, 0.05) is 6.07 Å². The maximum Gasteiger partial charge on any atom is 0.347 e. The van der Waals surface area contributed by atoms with Crippen molar-refractivity contribution in [3.05, 3.63) is 44.4 Å². The monoisotopic (exact) mass is 400 g/mol. The summed E-state index contributed by atoms with van der Waals surface area (Å²) in [6.07, 6.45) is 0. The third-order valence-corrected chi connectivity index (χ3v) is 4.48. The largest absolute Gasteiger partial charge is 0.507 e. The van der Waals surface area contributed by atoms with Crippen molar-refractivity contribution in [3.8, 4) is 23.0 Å². The van der Waals surface area contributed by atoms with Crippen molar-refractivity contribution in [3.63, 3.8) is 0 Å². The lowest BCUT2D eigenvalue weighted by Gasteiger charge is -2.14. The number of aromatic hydroxyl groups is 3. The van der Waals surface area contributed by atoms with Gasteiger partial charge in [0.25, 0.3) is 0 Å². The van der Waals surface area contributed by atoms with E-state index in [2.05, 4.69) is 4.74 Å². The molecular formula is C17H14Cl2O7. The Labute approximate surface area is 158 Å². The summed E-state index contributed by atoms with van der Waals surface area (Å²) in [6.45, 7) is 2.90. The van der Waals surface area contributed by atoms with Crippen molar-refractivity contribution in [2.75, 3.05) is 7.11 Å². The van der Waals surface area contributed by atoms with Gasteiger partial charge in [0.05, 0.1) is 12.1 Å². The fraction of sp³-hybridized carbons (Fsp3) is 0.176. The minimum absolute atomic E-state index is 0.0585. The number of hydrogen-bond donors (Lipinski definition) is 3. The van der Waals surface area contributed by atoms with E-state index < -0.39 is 34.2 Å². The number of benzene rings is 2. The van der Waals surface area contributed by atoms with Crippen LogP contribution in [0.1, 0.15) is 31.8 Å². The summed E-state index contributed by atoms with van der Waals surface area (Å²) in [6, 6.07) is 2.38. The first-order chi connectivity index (χ1) is 12.1. The molecule has 26 heavy (non-hydrogen) atoms. The molecule has 0 aromatic heterocycles. The number of methoxy groups -OCH3 is 1. The predicted octanol–water partition coefficient (Wildman–Crippen LogP) is 3.73. The molecule has 0 saturated heterocycles. The topological polar surface area (TPSA) is 113 Å². The fourth-order valence-electron chi connectivity index (χ4n) is 2.35. The Morgan fingerprint density at radius 1 is 0.923 bits per heavy atom. The number of esters is 2. The smallest absolute Gasteiger partial charge is 0.347 e. The first-order valence-electron chi connectivity index (χ1n) is 7.13. The van der Waals surface area contributed by atoms with Gasteiger partial charge < -0.3 is 24.8 Å². The third kappa shape index (κ3) is 3.36. The first-order valence-corrected chi connectivity index (χ1v) is 7.89. The van der Waals surface area contributed by atoms with Gasteiger partial charge >= 0.3 is 11.9 Å². The molecule has 9 heteroatoms. The van der Waals surface area contributed by atoms with Crippen LogP contribution in [-0.4, -0.2) is 34.4 Å². The number of carbonyl (C=O) groups is 2. The molecule has 2 aromatic carbocycles. The summed E-state index contributed by atoms with van der Waals surface area (Å²) in [5, 5.41) is 29.0. The van der Waals surface area contributed by atoms with Crippen molar-refractivity contribution in [2.24, 2.45) is 0 Å². The molecule has 2 aromatic rings. The quantitative estimate of drug-likeness (QED) is 0.531. The molecule has 3 N–H and O–H groups in total. The number of phenols is 3. The van der Waals surface area contributed by atoms with E-state index in [0.29, 0.717) is 5.56 Å². The van der Waals surface area contributed by atoms with Crippen LogP contribution in [0.2, 0.25) is 10.0 Å². The Morgan fingerprint density at radius 2 is 1.54 bits per heavy atom. The van der Waals surface area contributed by atoms with Gasteiger partial charge in [0.1, 0.15) is 27.6 Å². The molecule has 0 bridgehead atoms. The van der Waals surface area contributed by atoms with Gasteiger partial charge in [-0.25, -0.2) is 9.59 Å². The van der Waals surface area contributed by atoms with Gasteiger partial charge in [-0.2, -0.15) is 0 Å². The third-order valence-electron chi connectivity index (χ3n) is 3.66. The van der Waals surface area contributed by atoms with Gasteiger partial charge in [-0.05, 0) is 31.0 Å². The lowest BCUT2D eigenvalue weighted by Crippen LogP contribution is -2.12. The summed E-state index contributed by atoms with van der Waals surface area (Å²) in [4.78, 5) is 24.0. The zero-order chi connectivity index (χ0) is 19.8. The van der Waals surface area contributed by atoms with Gasteiger partial charge in [0.15, 0.2) is 11.5 Å². The van der Waals surface area contributed by atoms with Crippen LogP contribution in [0.3, 0.4) is 0 Å². The van der Waals surface area contributed by atoms with Crippen molar-refractivity contribution in [1.82, 2.24) is 0 Å². The second-order valence-corrected chi connectivity index (χ2v) is 6.10. The maximum atomic E-state index is 12.4. The number of hydrogen-bond acceptors (Lipinski definition) is 7. The number of rotatable bonds is 3. The molecule has 0 atom stereocenters. The molecule has 138 valence electrons. The van der Waals surface area contributed by atoms with Crippen LogP contribution in [0.4, 0.5) is 0 Å². The molecule has 0 amide bonds. The highest BCUT2D eigenvalue weighted by Crippen LogP contribution is 2.44. The molecule has 0 spiro atoms. The van der Waals surface area contributed by atoms with Crippen LogP contribution in [0.5, 0.6) is 23.0 Å². The summed E-state index contributed by atoms with van der Waals surface area (Å²) < 4.78 is 9.70. The fourth-order valence-corrected chi connectivity index (χ4v) is 2.78. The predicted molar refractivity (Wildman–Crippen MR) is 93.7 cm³/mol. The zero-order valence-electron chi connectivity index (χ0n) is 13.9. The van der Waals surface area contributed by atoms with Crippen LogP contribution in [0, 0.1) is 13.8 Å². The van der Waals surface area contributed by atoms with Crippen LogP contribution in [-0.2, 0) is 4.74 Å². The molecule has 0 heterocycles. The molecule has 2 rings (SSSR count). The minimum Gasteiger partial charge on any atom is -0.507 e. The van der Waals surface area contributed by atoms with E-state index in [1.54, 1.807) is 0 Å². The first kappa shape index (κ1) is 19.7. The van der Waals surface area contributed by atoms with E-state index in [1.165, 1.54) is 27.0 Å². The van der Waals surface area contributed by atoms with E-state index in [-0.39, 0.29) is 27.5 Å². The molecule has 0 saturated carbocycles. The Hall–Kier alpha value is -2.64. The highest BCUT2D eigenvalue weighted by atomic mass is 35.5. The Morgan fingerprint density at radius 3 is 2.08 bits per heavy atom. The highest BCUT2D eigenvalue weighted by Gasteiger charge is 2.26. The van der Waals surface area contributed by atoms with E-state index in [4.69, 9.17) is 27.9 Å². The number of ether oxygens (including phenoxy) is 2. The summed E-state index contributed by atoms with van der Waals surface area (Å²) in [5.41, 5.74) is -0.0420. The van der Waals surface area contributed by atoms with Crippen molar-refractivity contribution < 1.29 is 34.4 Å². The standard InChI is InChI=1S/C17H14Cl2O7/c1-6-4-8(5-9(20)10(6)16(23)25-3)26-17(24)11-7(2)12(18)15(22)13(19)14(11)21/h4-5,20-22H,1-3H3. The molecule has 0 aliphatic rings. The lowest BCUT2D eigenvalue weighted by molar-refractivity contribution is 0.0596. The molecule has 0 aliphatic heterocycles. The Kier molecular flexibility index (Phi) is 5.53. The molecule has 0 radical (unpaired) electrons. The number of aryl methyl sites for hydroxylation is 1. The van der Waals surface area contributed by atoms with Crippen LogP contribution < -0.4 is 4.74 Å². The molecule has 0 fully saturated rings. The Balaban J connectivity index is 2.45. The van der Waals surface area contributed by atoms with Gasteiger partial charge in [-0.15, -0.1) is 0 Å². The van der Waals surface area contributed by atoms with E-state index >= 15 is 0 Å². The second kappa shape index (κ2) is 7.31. The number of halogens is 2. The molecular weight excluding hydrogens is 387 g/mol. The zero-order valence-corrected chi connectivity index (χ0v) is 15.4. The molecule has 0 aliphatic carbocycles. The second-order valence-electron chi connectivity index (χ2n) is 5.34. The normalized spacial score (nSPS) is 10.5. The average Bonchev–Trinajstić information content (AvgIpc) is 2.57. The number of phenolic OH excluding ortho intramolecular Hbond substituents is 3. The van der Waals surface area contributed by atoms with Crippen molar-refractivity contribution in [1.29, 1.82) is 0 Å². The van der Waals surface area contributed by atoms with Crippen LogP contribution >= 0.6 is 23.2 Å². The van der Waals surface area contributed by atoms with Crippen molar-refractivity contribution in [2.45, 2.75) is 13.8 Å². The summed E-state index contributed by atoms with van der Waals surface area (Å²) >= 11 is 11.6. The van der Waals surface area contributed by atoms with E-state index in [0.717, 1.165) is 6.07 Å². The summed E-state index contributed by atoms with van der Waals surface area (Å²) in [5.74, 6) is -3.55. The maximum absolute atomic E-state index is 12.4. The molecule has 0 unspecified atom stereocenters. The minimum atomic E-state index is -1.02. The van der Waals surface area contributed by atoms with Gasteiger partial charge in [-0.3, -0.25) is 0 Å². The van der Waals surface area contributed by atoms with Crippen LogP contribution in [0.25, 0.3) is 0 Å². The van der Waals surface area contributed by atoms with Crippen LogP contribution in [0.15, 0.2) is 12.1 Å². The van der Waals surface area contributed by atoms with Gasteiger partial charge in [-0.1, -0.05) is 23.2 Å². The SMILES string of the molecule is COC(=O)c1c(C)cc(OC(=O)c2c(C)c(Cl)c(O)c(Cl)c2O)cc1O. The average molecular weight is 401 g/mol. The highest BCUT2D eigenvalue weighted by molar-refractivity contribution is 6.39. The number of carbonyl (C=O) groups excluding carboxylic acids is 2. The van der Waals surface area contributed by atoms with Crippen molar-refractivity contribution >= 4 is 35.1 Å². The Bertz CT molecular complexity index is 870. The van der Waals surface area contributed by atoms with Gasteiger partial charge in [0.2, 0.25) is 0 Å². The summed E-state index contributed by atoms with van der Waals surface area (Å²) in [7, 11) is 1.17. The van der Waals surface area contributed by atoms with E-state index in [9.17, 15) is 24.9 Å². The molecule has 7 nitrogen and oxygen atoms in total. The van der Waals surface area contributed by atoms with E-state index in [1.807, 2.05) is 0 Å². The lowest BCUT2D eigenvalue weighted by atomic mass is 10.1.